The molecule has 1 fully saturated rings. The standard InChI is InChI=1S/C17H24N2O4/c1-11-7-12(2)10-19(9-11)17(21)16(20)18-14-8-13(22-3)5-6-15(14)23-4/h5-6,8,11-12H,7,9-10H2,1-4H3,(H,18,20). The van der Waals surface area contributed by atoms with Gasteiger partial charge in [0.2, 0.25) is 0 Å². The Balaban J connectivity index is 2.10. The maximum atomic E-state index is 12.4. The number of nitrogens with one attached hydrogen (secondary N) is 1. The fourth-order valence-electron chi connectivity index (χ4n) is 3.06. The lowest BCUT2D eigenvalue weighted by molar-refractivity contribution is -0.144. The lowest BCUT2D eigenvalue weighted by Gasteiger charge is -2.34. The van der Waals surface area contributed by atoms with Gasteiger partial charge in [-0.2, -0.15) is 0 Å². The number of ether oxygens (including phenoxy) is 2. The van der Waals surface area contributed by atoms with Gasteiger partial charge in [-0.05, 0) is 30.4 Å². The molecule has 0 spiro atoms. The number of carbonyl (C=O) groups excluding carboxylic acids is 2. The quantitative estimate of drug-likeness (QED) is 0.867. The number of likely N-dealkylation sites (tertiary alicyclic amines) is 1. The number of benzene rings is 1. The summed E-state index contributed by atoms with van der Waals surface area (Å²) in [5.41, 5.74) is 0.420. The van der Waals surface area contributed by atoms with Crippen molar-refractivity contribution in [2.45, 2.75) is 20.3 Å². The summed E-state index contributed by atoms with van der Waals surface area (Å²) < 4.78 is 10.3. The molecule has 0 aromatic heterocycles. The Labute approximate surface area is 136 Å². The van der Waals surface area contributed by atoms with Crippen LogP contribution >= 0.6 is 0 Å². The fraction of sp³-hybridized carbons (Fsp3) is 0.529. The second-order valence-electron chi connectivity index (χ2n) is 6.18. The van der Waals surface area contributed by atoms with Gasteiger partial charge >= 0.3 is 11.8 Å². The topological polar surface area (TPSA) is 67.9 Å². The minimum Gasteiger partial charge on any atom is -0.497 e. The monoisotopic (exact) mass is 320 g/mol. The summed E-state index contributed by atoms with van der Waals surface area (Å²) in [4.78, 5) is 26.3. The first-order valence-electron chi connectivity index (χ1n) is 7.76. The minimum absolute atomic E-state index is 0.404. The van der Waals surface area contributed by atoms with E-state index in [9.17, 15) is 9.59 Å². The van der Waals surface area contributed by atoms with E-state index in [2.05, 4.69) is 19.2 Å². The fourth-order valence-corrected chi connectivity index (χ4v) is 3.06. The van der Waals surface area contributed by atoms with E-state index in [0.717, 1.165) is 6.42 Å². The van der Waals surface area contributed by atoms with E-state index in [0.29, 0.717) is 42.1 Å². The van der Waals surface area contributed by atoms with Crippen molar-refractivity contribution >= 4 is 17.5 Å². The van der Waals surface area contributed by atoms with Gasteiger partial charge in [0.15, 0.2) is 0 Å². The second-order valence-corrected chi connectivity index (χ2v) is 6.18. The van der Waals surface area contributed by atoms with E-state index in [4.69, 9.17) is 9.47 Å². The molecule has 1 N–H and O–H groups in total. The Kier molecular flexibility index (Phi) is 5.47. The van der Waals surface area contributed by atoms with Gasteiger partial charge in [-0.15, -0.1) is 0 Å². The lowest BCUT2D eigenvalue weighted by Crippen LogP contribution is -2.47. The Hall–Kier alpha value is -2.24. The third kappa shape index (κ3) is 4.15. The van der Waals surface area contributed by atoms with Gasteiger partial charge in [0.1, 0.15) is 11.5 Å². The molecule has 2 unspecified atom stereocenters. The lowest BCUT2D eigenvalue weighted by atomic mass is 9.92. The van der Waals surface area contributed by atoms with Crippen molar-refractivity contribution in [3.63, 3.8) is 0 Å². The number of nitrogens with zero attached hydrogens (tertiary/aromatic N) is 1. The minimum atomic E-state index is -0.655. The first-order chi connectivity index (χ1) is 10.9. The van der Waals surface area contributed by atoms with Crippen LogP contribution in [0.3, 0.4) is 0 Å². The van der Waals surface area contributed by atoms with Crippen molar-refractivity contribution in [3.8, 4) is 11.5 Å². The number of amides is 2. The van der Waals surface area contributed by atoms with Crippen molar-refractivity contribution in [1.82, 2.24) is 4.90 Å². The third-order valence-electron chi connectivity index (χ3n) is 4.01. The van der Waals surface area contributed by atoms with Crippen LogP contribution in [-0.2, 0) is 9.59 Å². The maximum absolute atomic E-state index is 12.4. The molecular weight excluding hydrogens is 296 g/mol. The van der Waals surface area contributed by atoms with Crippen molar-refractivity contribution in [2.24, 2.45) is 11.8 Å². The summed E-state index contributed by atoms with van der Waals surface area (Å²) in [5, 5.41) is 2.63. The maximum Gasteiger partial charge on any atom is 0.314 e. The third-order valence-corrected chi connectivity index (χ3v) is 4.01. The summed E-state index contributed by atoms with van der Waals surface area (Å²) in [6.07, 6.45) is 1.08. The molecule has 126 valence electrons. The first kappa shape index (κ1) is 17.1. The van der Waals surface area contributed by atoms with Gasteiger partial charge in [0.25, 0.3) is 0 Å². The van der Waals surface area contributed by atoms with Crippen LogP contribution in [-0.4, -0.2) is 44.0 Å². The molecule has 2 atom stereocenters. The molecule has 1 heterocycles. The Bertz CT molecular complexity index is 578. The molecule has 0 aliphatic carbocycles. The van der Waals surface area contributed by atoms with E-state index in [1.165, 1.54) is 14.2 Å². The number of rotatable bonds is 3. The number of anilines is 1. The summed E-state index contributed by atoms with van der Waals surface area (Å²) >= 11 is 0. The van der Waals surface area contributed by atoms with Gasteiger partial charge in [-0.1, -0.05) is 13.8 Å². The van der Waals surface area contributed by atoms with Gasteiger partial charge in [-0.3, -0.25) is 9.59 Å². The van der Waals surface area contributed by atoms with Crippen LogP contribution in [0.4, 0.5) is 5.69 Å². The van der Waals surface area contributed by atoms with Crippen LogP contribution < -0.4 is 14.8 Å². The van der Waals surface area contributed by atoms with Gasteiger partial charge in [-0.25, -0.2) is 0 Å². The summed E-state index contributed by atoms with van der Waals surface area (Å²) in [6.45, 7) is 5.43. The average molecular weight is 320 g/mol. The number of piperidine rings is 1. The molecule has 0 bridgehead atoms. The number of hydrogen-bond acceptors (Lipinski definition) is 4. The Morgan fingerprint density at radius 1 is 1.13 bits per heavy atom. The molecule has 23 heavy (non-hydrogen) atoms. The van der Waals surface area contributed by atoms with Gasteiger partial charge in [0, 0.05) is 19.2 Å². The average Bonchev–Trinajstić information content (AvgIpc) is 2.53. The number of carbonyl (C=O) groups is 2. The number of hydrogen-bond donors (Lipinski definition) is 1. The summed E-state index contributed by atoms with van der Waals surface area (Å²) in [7, 11) is 3.04. The Morgan fingerprint density at radius 2 is 1.78 bits per heavy atom. The van der Waals surface area contributed by atoms with E-state index in [-0.39, 0.29) is 0 Å². The molecular formula is C17H24N2O4. The SMILES string of the molecule is COc1ccc(OC)c(NC(=O)C(=O)N2CC(C)CC(C)C2)c1. The summed E-state index contributed by atoms with van der Waals surface area (Å²) in [6, 6.07) is 5.04. The smallest absolute Gasteiger partial charge is 0.314 e. The second kappa shape index (κ2) is 7.35. The highest BCUT2D eigenvalue weighted by atomic mass is 16.5. The predicted octanol–water partition coefficient (Wildman–Crippen LogP) is 2.15. The van der Waals surface area contributed by atoms with Crippen LogP contribution in [0.5, 0.6) is 11.5 Å². The highest BCUT2D eigenvalue weighted by Crippen LogP contribution is 2.29. The number of methoxy groups -OCH3 is 2. The normalized spacial score (nSPS) is 20.8. The molecule has 1 aliphatic heterocycles. The molecule has 1 saturated heterocycles. The summed E-state index contributed by atoms with van der Waals surface area (Å²) in [5.74, 6) is 0.705. The highest BCUT2D eigenvalue weighted by Gasteiger charge is 2.29. The van der Waals surface area contributed by atoms with Crippen molar-refractivity contribution < 1.29 is 19.1 Å². The van der Waals surface area contributed by atoms with Crippen molar-refractivity contribution in [1.29, 1.82) is 0 Å². The molecule has 6 heteroatoms. The first-order valence-corrected chi connectivity index (χ1v) is 7.76. The van der Waals surface area contributed by atoms with Crippen LogP contribution in [0.1, 0.15) is 20.3 Å². The molecule has 1 aromatic carbocycles. The molecule has 1 aliphatic rings. The van der Waals surface area contributed by atoms with Crippen LogP contribution in [0.25, 0.3) is 0 Å². The predicted molar refractivity (Wildman–Crippen MR) is 87.7 cm³/mol. The van der Waals surface area contributed by atoms with E-state index < -0.39 is 11.8 Å². The zero-order valence-corrected chi connectivity index (χ0v) is 14.1. The van der Waals surface area contributed by atoms with E-state index in [1.807, 2.05) is 0 Å². The van der Waals surface area contributed by atoms with Crippen molar-refractivity contribution in [2.75, 3.05) is 32.6 Å². The van der Waals surface area contributed by atoms with Crippen LogP contribution in [0.2, 0.25) is 0 Å². The van der Waals surface area contributed by atoms with Crippen LogP contribution in [0, 0.1) is 11.8 Å². The van der Waals surface area contributed by atoms with Gasteiger partial charge < -0.3 is 19.7 Å². The Morgan fingerprint density at radius 3 is 2.35 bits per heavy atom. The van der Waals surface area contributed by atoms with E-state index in [1.54, 1.807) is 23.1 Å². The zero-order chi connectivity index (χ0) is 17.0. The molecule has 1 aromatic rings. The zero-order valence-electron chi connectivity index (χ0n) is 14.1. The van der Waals surface area contributed by atoms with Crippen LogP contribution in [0.15, 0.2) is 18.2 Å². The molecule has 2 amide bonds. The highest BCUT2D eigenvalue weighted by molar-refractivity contribution is 6.39. The molecule has 0 radical (unpaired) electrons. The van der Waals surface area contributed by atoms with Gasteiger partial charge in [0.05, 0.1) is 19.9 Å². The molecule has 6 nitrogen and oxygen atoms in total. The van der Waals surface area contributed by atoms with E-state index >= 15 is 0 Å². The molecule has 0 saturated carbocycles. The van der Waals surface area contributed by atoms with Crippen molar-refractivity contribution in [3.05, 3.63) is 18.2 Å². The molecule has 2 rings (SSSR count). The largest absolute Gasteiger partial charge is 0.497 e.